The van der Waals surface area contributed by atoms with Gasteiger partial charge in [0.1, 0.15) is 0 Å². The lowest BCUT2D eigenvalue weighted by molar-refractivity contribution is -0.139. The van der Waals surface area contributed by atoms with Crippen molar-refractivity contribution >= 4 is 18.3 Å². The van der Waals surface area contributed by atoms with E-state index >= 15 is 0 Å². The van der Waals surface area contributed by atoms with Crippen LogP contribution in [0.2, 0.25) is 0 Å². The van der Waals surface area contributed by atoms with Gasteiger partial charge in [0.2, 0.25) is 5.91 Å². The van der Waals surface area contributed by atoms with Crippen molar-refractivity contribution in [2.45, 2.75) is 51.5 Å². The third kappa shape index (κ3) is 3.23. The Morgan fingerprint density at radius 2 is 1.79 bits per heavy atom. The average molecular weight is 291 g/mol. The molecule has 0 aromatic carbocycles. The SMILES string of the molecule is CCC1(CC)CCN(C(=O)C2(N)CCOCC2)C1.Cl. The Morgan fingerprint density at radius 3 is 2.26 bits per heavy atom. The van der Waals surface area contributed by atoms with Gasteiger partial charge in [-0.25, -0.2) is 0 Å². The number of hydrogen-bond acceptors (Lipinski definition) is 3. The Kier molecular flexibility index (Phi) is 5.65. The van der Waals surface area contributed by atoms with Gasteiger partial charge >= 0.3 is 0 Å². The number of rotatable bonds is 3. The first-order valence-corrected chi connectivity index (χ1v) is 7.21. The molecule has 0 atom stereocenters. The van der Waals surface area contributed by atoms with E-state index in [4.69, 9.17) is 10.5 Å². The highest BCUT2D eigenvalue weighted by Crippen LogP contribution is 2.38. The summed E-state index contributed by atoms with van der Waals surface area (Å²) in [6.45, 7) is 7.44. The summed E-state index contributed by atoms with van der Waals surface area (Å²) in [7, 11) is 0. The summed E-state index contributed by atoms with van der Waals surface area (Å²) in [4.78, 5) is 14.6. The highest BCUT2D eigenvalue weighted by molar-refractivity contribution is 5.86. The highest BCUT2D eigenvalue weighted by Gasteiger charge is 2.44. The van der Waals surface area contributed by atoms with Gasteiger partial charge in [0.25, 0.3) is 0 Å². The molecule has 0 bridgehead atoms. The minimum absolute atomic E-state index is 0. The van der Waals surface area contributed by atoms with Crippen LogP contribution >= 0.6 is 12.4 Å². The van der Waals surface area contributed by atoms with Crippen LogP contribution in [0.1, 0.15) is 46.0 Å². The van der Waals surface area contributed by atoms with Crippen molar-refractivity contribution in [2.24, 2.45) is 11.1 Å². The molecule has 0 aliphatic carbocycles. The maximum absolute atomic E-state index is 12.6. The van der Waals surface area contributed by atoms with Crippen LogP contribution in [0.5, 0.6) is 0 Å². The van der Waals surface area contributed by atoms with Crippen LogP contribution in [0.25, 0.3) is 0 Å². The lowest BCUT2D eigenvalue weighted by atomic mass is 9.82. The molecule has 0 unspecified atom stereocenters. The van der Waals surface area contributed by atoms with Gasteiger partial charge in [0.05, 0.1) is 5.54 Å². The first-order valence-electron chi connectivity index (χ1n) is 7.21. The van der Waals surface area contributed by atoms with E-state index in [9.17, 15) is 4.79 Å². The predicted molar refractivity (Wildman–Crippen MR) is 78.4 cm³/mol. The van der Waals surface area contributed by atoms with Crippen molar-refractivity contribution in [1.82, 2.24) is 4.90 Å². The molecule has 2 rings (SSSR count). The number of amides is 1. The molecule has 4 nitrogen and oxygen atoms in total. The number of hydrogen-bond donors (Lipinski definition) is 1. The zero-order chi connectivity index (χ0) is 13.2. The third-order valence-corrected chi connectivity index (χ3v) is 5.04. The lowest BCUT2D eigenvalue weighted by Gasteiger charge is -2.36. The highest BCUT2D eigenvalue weighted by atomic mass is 35.5. The Morgan fingerprint density at radius 1 is 1.21 bits per heavy atom. The third-order valence-electron chi connectivity index (χ3n) is 5.04. The molecule has 112 valence electrons. The van der Waals surface area contributed by atoms with E-state index in [-0.39, 0.29) is 18.3 Å². The molecule has 0 spiro atoms. The van der Waals surface area contributed by atoms with Crippen molar-refractivity contribution in [1.29, 1.82) is 0 Å². The molecule has 0 radical (unpaired) electrons. The van der Waals surface area contributed by atoms with Gasteiger partial charge in [-0.1, -0.05) is 13.8 Å². The predicted octanol–water partition coefficient (Wildman–Crippen LogP) is 1.95. The van der Waals surface area contributed by atoms with Crippen LogP contribution in [0.3, 0.4) is 0 Å². The number of ether oxygens (including phenoxy) is 1. The summed E-state index contributed by atoms with van der Waals surface area (Å²) < 4.78 is 5.31. The molecule has 2 heterocycles. The first-order chi connectivity index (χ1) is 8.55. The largest absolute Gasteiger partial charge is 0.381 e. The van der Waals surface area contributed by atoms with Gasteiger partial charge in [-0.2, -0.15) is 0 Å². The molecule has 2 aliphatic rings. The summed E-state index contributed by atoms with van der Waals surface area (Å²) in [5.74, 6) is 0.148. The van der Waals surface area contributed by atoms with E-state index in [1.807, 2.05) is 4.90 Å². The minimum Gasteiger partial charge on any atom is -0.381 e. The molecule has 2 N–H and O–H groups in total. The van der Waals surface area contributed by atoms with Crippen molar-refractivity contribution in [3.63, 3.8) is 0 Å². The van der Waals surface area contributed by atoms with Crippen LogP contribution in [0.4, 0.5) is 0 Å². The fourth-order valence-electron chi connectivity index (χ4n) is 3.20. The maximum Gasteiger partial charge on any atom is 0.242 e. The molecular weight excluding hydrogens is 264 g/mol. The van der Waals surface area contributed by atoms with Gasteiger partial charge in [-0.3, -0.25) is 4.79 Å². The number of carbonyl (C=O) groups excluding carboxylic acids is 1. The Balaban J connectivity index is 0.00000180. The molecule has 2 saturated heterocycles. The zero-order valence-corrected chi connectivity index (χ0v) is 12.9. The maximum atomic E-state index is 12.6. The van der Waals surface area contributed by atoms with Crippen molar-refractivity contribution < 1.29 is 9.53 Å². The van der Waals surface area contributed by atoms with Crippen LogP contribution in [0, 0.1) is 5.41 Å². The van der Waals surface area contributed by atoms with Crippen molar-refractivity contribution in [3.8, 4) is 0 Å². The molecule has 2 fully saturated rings. The van der Waals surface area contributed by atoms with Crippen LogP contribution in [-0.2, 0) is 9.53 Å². The summed E-state index contributed by atoms with van der Waals surface area (Å²) >= 11 is 0. The van der Waals surface area contributed by atoms with E-state index in [1.54, 1.807) is 0 Å². The van der Waals surface area contributed by atoms with Crippen LogP contribution < -0.4 is 5.73 Å². The average Bonchev–Trinajstić information content (AvgIpc) is 2.84. The topological polar surface area (TPSA) is 55.6 Å². The van der Waals surface area contributed by atoms with Crippen LogP contribution in [0.15, 0.2) is 0 Å². The Labute approximate surface area is 122 Å². The lowest BCUT2D eigenvalue weighted by Crippen LogP contribution is -2.57. The number of nitrogens with two attached hydrogens (primary N) is 1. The monoisotopic (exact) mass is 290 g/mol. The van der Waals surface area contributed by atoms with Gasteiger partial charge in [-0.15, -0.1) is 12.4 Å². The molecule has 1 amide bonds. The van der Waals surface area contributed by atoms with E-state index in [1.165, 1.54) is 0 Å². The van der Waals surface area contributed by atoms with Crippen molar-refractivity contribution in [2.75, 3.05) is 26.3 Å². The molecule has 2 aliphatic heterocycles. The van der Waals surface area contributed by atoms with Crippen molar-refractivity contribution in [3.05, 3.63) is 0 Å². The standard InChI is InChI=1S/C14H26N2O2.ClH/c1-3-13(4-2)5-8-16(11-13)12(17)14(15)6-9-18-10-7-14;/h3-11,15H2,1-2H3;1H. The Hall–Kier alpha value is -0.320. The smallest absolute Gasteiger partial charge is 0.242 e. The van der Waals surface area contributed by atoms with E-state index in [0.29, 0.717) is 31.5 Å². The van der Waals surface area contributed by atoms with Gasteiger partial charge in [-0.05, 0) is 37.5 Å². The molecular formula is C14H27ClN2O2. The van der Waals surface area contributed by atoms with E-state index < -0.39 is 5.54 Å². The minimum atomic E-state index is -0.671. The number of nitrogens with zero attached hydrogens (tertiary/aromatic N) is 1. The quantitative estimate of drug-likeness (QED) is 0.864. The fraction of sp³-hybridized carbons (Fsp3) is 0.929. The van der Waals surface area contributed by atoms with Gasteiger partial charge in [0, 0.05) is 26.3 Å². The molecule has 0 aromatic rings. The summed E-state index contributed by atoms with van der Waals surface area (Å²) in [6.07, 6.45) is 4.74. The first kappa shape index (κ1) is 16.7. The molecule has 0 saturated carbocycles. The van der Waals surface area contributed by atoms with Gasteiger partial charge in [0.15, 0.2) is 0 Å². The van der Waals surface area contributed by atoms with Crippen LogP contribution in [-0.4, -0.2) is 42.6 Å². The van der Waals surface area contributed by atoms with E-state index in [0.717, 1.165) is 32.4 Å². The zero-order valence-electron chi connectivity index (χ0n) is 12.1. The molecule has 5 heteroatoms. The number of likely N-dealkylation sites (tertiary alicyclic amines) is 1. The number of halogens is 1. The summed E-state index contributed by atoms with van der Waals surface area (Å²) in [5, 5.41) is 0. The Bertz CT molecular complexity index is 313. The summed E-state index contributed by atoms with van der Waals surface area (Å²) in [6, 6.07) is 0. The fourth-order valence-corrected chi connectivity index (χ4v) is 3.20. The summed E-state index contributed by atoms with van der Waals surface area (Å²) in [5.41, 5.74) is 5.94. The second-order valence-electron chi connectivity index (χ2n) is 5.95. The second-order valence-corrected chi connectivity index (χ2v) is 5.95. The normalized spacial score (nSPS) is 24.9. The second kappa shape index (κ2) is 6.42. The molecule has 19 heavy (non-hydrogen) atoms. The molecule has 0 aromatic heterocycles. The van der Waals surface area contributed by atoms with Gasteiger partial charge < -0.3 is 15.4 Å². The number of carbonyl (C=O) groups is 1. The van der Waals surface area contributed by atoms with E-state index in [2.05, 4.69) is 13.8 Å².